The van der Waals surface area contributed by atoms with Crippen LogP contribution in [-0.4, -0.2) is 30.6 Å². The standard InChI is InChI=1S/C13H26N2/c1-5-10-15(6-2)11-12(3)8-7-9-13(4)14/h1,12-13H,6-11,14H2,2-4H3. The van der Waals surface area contributed by atoms with Gasteiger partial charge in [-0.25, -0.2) is 0 Å². The van der Waals surface area contributed by atoms with E-state index in [0.717, 1.165) is 32.0 Å². The van der Waals surface area contributed by atoms with E-state index in [4.69, 9.17) is 12.2 Å². The highest BCUT2D eigenvalue weighted by atomic mass is 15.1. The molecule has 2 heteroatoms. The summed E-state index contributed by atoms with van der Waals surface area (Å²) in [7, 11) is 0. The second-order valence-corrected chi connectivity index (χ2v) is 4.55. The van der Waals surface area contributed by atoms with Crippen LogP contribution in [-0.2, 0) is 0 Å². The molecule has 2 atom stereocenters. The number of terminal acetylenes is 1. The summed E-state index contributed by atoms with van der Waals surface area (Å²) in [6.45, 7) is 9.45. The number of nitrogens with zero attached hydrogens (tertiary/aromatic N) is 1. The Labute approximate surface area is 95.2 Å². The van der Waals surface area contributed by atoms with Gasteiger partial charge in [-0.2, -0.15) is 0 Å². The van der Waals surface area contributed by atoms with Crippen molar-refractivity contribution in [2.45, 2.75) is 46.1 Å². The molecule has 15 heavy (non-hydrogen) atoms. The van der Waals surface area contributed by atoms with Crippen molar-refractivity contribution in [2.75, 3.05) is 19.6 Å². The van der Waals surface area contributed by atoms with Crippen LogP contribution in [0, 0.1) is 18.3 Å². The molecule has 88 valence electrons. The van der Waals surface area contributed by atoms with Gasteiger partial charge >= 0.3 is 0 Å². The van der Waals surface area contributed by atoms with E-state index in [0.29, 0.717) is 6.04 Å². The highest BCUT2D eigenvalue weighted by Crippen LogP contribution is 2.10. The van der Waals surface area contributed by atoms with Crippen LogP contribution in [0.1, 0.15) is 40.0 Å². The Balaban J connectivity index is 3.62. The molecule has 0 aliphatic heterocycles. The summed E-state index contributed by atoms with van der Waals surface area (Å²) < 4.78 is 0. The van der Waals surface area contributed by atoms with Crippen LogP contribution in [0.2, 0.25) is 0 Å². The van der Waals surface area contributed by atoms with E-state index in [9.17, 15) is 0 Å². The Bertz CT molecular complexity index is 181. The molecule has 0 spiro atoms. The topological polar surface area (TPSA) is 29.3 Å². The predicted molar refractivity (Wildman–Crippen MR) is 67.6 cm³/mol. The van der Waals surface area contributed by atoms with Crippen LogP contribution in [0.5, 0.6) is 0 Å². The van der Waals surface area contributed by atoms with Crippen molar-refractivity contribution in [1.29, 1.82) is 0 Å². The molecule has 0 saturated heterocycles. The SMILES string of the molecule is C#CCN(CC)CC(C)CCCC(C)N. The second-order valence-electron chi connectivity index (χ2n) is 4.55. The Kier molecular flexibility index (Phi) is 8.46. The van der Waals surface area contributed by atoms with E-state index < -0.39 is 0 Å². The maximum atomic E-state index is 5.72. The first-order chi connectivity index (χ1) is 7.10. The summed E-state index contributed by atoms with van der Waals surface area (Å²) in [5.41, 5.74) is 5.72. The minimum atomic E-state index is 0.338. The van der Waals surface area contributed by atoms with Crippen LogP contribution in [0.4, 0.5) is 0 Å². The summed E-state index contributed by atoms with van der Waals surface area (Å²) in [5, 5.41) is 0. The molecular formula is C13H26N2. The fourth-order valence-electron chi connectivity index (χ4n) is 1.75. The first kappa shape index (κ1) is 14.5. The van der Waals surface area contributed by atoms with Crippen LogP contribution >= 0.6 is 0 Å². The maximum absolute atomic E-state index is 5.72. The summed E-state index contributed by atoms with van der Waals surface area (Å²) in [6.07, 6.45) is 8.92. The van der Waals surface area contributed by atoms with Gasteiger partial charge in [-0.05, 0) is 32.2 Å². The van der Waals surface area contributed by atoms with Crippen molar-refractivity contribution in [1.82, 2.24) is 4.90 Å². The third-order valence-corrected chi connectivity index (χ3v) is 2.69. The molecule has 0 aliphatic carbocycles. The third kappa shape index (κ3) is 8.47. The van der Waals surface area contributed by atoms with Crippen molar-refractivity contribution in [3.63, 3.8) is 0 Å². The van der Waals surface area contributed by atoms with Gasteiger partial charge in [-0.1, -0.05) is 26.2 Å². The molecule has 0 amide bonds. The molecule has 0 rings (SSSR count). The molecule has 0 aliphatic rings. The lowest BCUT2D eigenvalue weighted by molar-refractivity contribution is 0.265. The fourth-order valence-corrected chi connectivity index (χ4v) is 1.75. The van der Waals surface area contributed by atoms with Crippen molar-refractivity contribution in [2.24, 2.45) is 11.7 Å². The number of nitrogens with two attached hydrogens (primary N) is 1. The molecule has 0 heterocycles. The molecular weight excluding hydrogens is 184 g/mol. The van der Waals surface area contributed by atoms with Gasteiger partial charge in [0.25, 0.3) is 0 Å². The highest BCUT2D eigenvalue weighted by Gasteiger charge is 2.07. The average Bonchev–Trinajstić information content (AvgIpc) is 2.16. The van der Waals surface area contributed by atoms with Gasteiger partial charge in [0.05, 0.1) is 6.54 Å². The number of hydrogen-bond donors (Lipinski definition) is 1. The zero-order chi connectivity index (χ0) is 11.7. The molecule has 0 bridgehead atoms. The lowest BCUT2D eigenvalue weighted by Crippen LogP contribution is -2.29. The van der Waals surface area contributed by atoms with E-state index in [-0.39, 0.29) is 0 Å². The van der Waals surface area contributed by atoms with E-state index in [1.165, 1.54) is 12.8 Å². The maximum Gasteiger partial charge on any atom is 0.0598 e. The molecule has 0 aromatic heterocycles. The minimum absolute atomic E-state index is 0.338. The lowest BCUT2D eigenvalue weighted by Gasteiger charge is -2.22. The van der Waals surface area contributed by atoms with E-state index in [2.05, 4.69) is 31.6 Å². The molecule has 0 radical (unpaired) electrons. The normalized spacial score (nSPS) is 14.9. The summed E-state index contributed by atoms with van der Waals surface area (Å²) in [5.74, 6) is 3.42. The fraction of sp³-hybridized carbons (Fsp3) is 0.846. The quantitative estimate of drug-likeness (QED) is 0.622. The van der Waals surface area contributed by atoms with Gasteiger partial charge in [0.15, 0.2) is 0 Å². The van der Waals surface area contributed by atoms with Crippen molar-refractivity contribution in [3.05, 3.63) is 0 Å². The Morgan fingerprint density at radius 1 is 1.33 bits per heavy atom. The van der Waals surface area contributed by atoms with Gasteiger partial charge in [0.1, 0.15) is 0 Å². The second kappa shape index (κ2) is 8.76. The molecule has 2 N–H and O–H groups in total. The van der Waals surface area contributed by atoms with Crippen LogP contribution < -0.4 is 5.73 Å². The Hall–Kier alpha value is -0.520. The first-order valence-electron chi connectivity index (χ1n) is 6.01. The lowest BCUT2D eigenvalue weighted by atomic mass is 10.0. The molecule has 0 fully saturated rings. The van der Waals surface area contributed by atoms with Crippen molar-refractivity contribution < 1.29 is 0 Å². The largest absolute Gasteiger partial charge is 0.328 e. The van der Waals surface area contributed by atoms with Gasteiger partial charge in [0.2, 0.25) is 0 Å². The molecule has 2 unspecified atom stereocenters. The zero-order valence-electron chi connectivity index (χ0n) is 10.5. The van der Waals surface area contributed by atoms with Crippen LogP contribution in [0.25, 0.3) is 0 Å². The number of rotatable bonds is 8. The zero-order valence-corrected chi connectivity index (χ0v) is 10.5. The molecule has 0 saturated carbocycles. The highest BCUT2D eigenvalue weighted by molar-refractivity contribution is 4.88. The first-order valence-corrected chi connectivity index (χ1v) is 6.01. The van der Waals surface area contributed by atoms with Gasteiger partial charge < -0.3 is 5.73 Å². The van der Waals surface area contributed by atoms with E-state index >= 15 is 0 Å². The van der Waals surface area contributed by atoms with E-state index in [1.807, 2.05) is 0 Å². The minimum Gasteiger partial charge on any atom is -0.328 e. The van der Waals surface area contributed by atoms with Crippen LogP contribution in [0.3, 0.4) is 0 Å². The third-order valence-electron chi connectivity index (χ3n) is 2.69. The predicted octanol–water partition coefficient (Wildman–Crippen LogP) is 2.10. The average molecular weight is 210 g/mol. The molecule has 2 nitrogen and oxygen atoms in total. The molecule has 0 aromatic rings. The monoisotopic (exact) mass is 210 g/mol. The number of hydrogen-bond acceptors (Lipinski definition) is 2. The summed E-state index contributed by atoms with van der Waals surface area (Å²) in [6, 6.07) is 0.338. The van der Waals surface area contributed by atoms with Crippen molar-refractivity contribution in [3.8, 4) is 12.3 Å². The summed E-state index contributed by atoms with van der Waals surface area (Å²) >= 11 is 0. The van der Waals surface area contributed by atoms with E-state index in [1.54, 1.807) is 0 Å². The Morgan fingerprint density at radius 3 is 2.47 bits per heavy atom. The van der Waals surface area contributed by atoms with Crippen LogP contribution in [0.15, 0.2) is 0 Å². The van der Waals surface area contributed by atoms with Gasteiger partial charge in [-0.15, -0.1) is 6.42 Å². The van der Waals surface area contributed by atoms with Crippen molar-refractivity contribution >= 4 is 0 Å². The molecule has 0 aromatic carbocycles. The van der Waals surface area contributed by atoms with Gasteiger partial charge in [-0.3, -0.25) is 4.90 Å². The summed E-state index contributed by atoms with van der Waals surface area (Å²) in [4.78, 5) is 2.32. The smallest absolute Gasteiger partial charge is 0.0598 e. The Morgan fingerprint density at radius 2 is 2.00 bits per heavy atom. The van der Waals surface area contributed by atoms with Gasteiger partial charge in [0, 0.05) is 12.6 Å².